The van der Waals surface area contributed by atoms with E-state index in [1.165, 1.54) is 5.56 Å². The fourth-order valence-corrected chi connectivity index (χ4v) is 2.56. The monoisotopic (exact) mass is 301 g/mol. The van der Waals surface area contributed by atoms with Crippen LogP contribution in [0.15, 0.2) is 46.9 Å². The van der Waals surface area contributed by atoms with Gasteiger partial charge in [-0.3, -0.25) is 4.57 Å². The van der Waals surface area contributed by atoms with Crippen LogP contribution in [0.1, 0.15) is 5.56 Å². The van der Waals surface area contributed by atoms with Crippen LogP contribution in [0.3, 0.4) is 0 Å². The van der Waals surface area contributed by atoms with Crippen molar-refractivity contribution in [3.05, 3.63) is 52.5 Å². The van der Waals surface area contributed by atoms with E-state index in [0.717, 1.165) is 21.2 Å². The molecular formula is C14H12BrN3. The molecule has 1 aromatic heterocycles. The molecule has 0 saturated carbocycles. The lowest BCUT2D eigenvalue weighted by Crippen LogP contribution is -2.01. The molecule has 0 bridgehead atoms. The minimum absolute atomic E-state index is 0.502. The van der Waals surface area contributed by atoms with E-state index < -0.39 is 0 Å². The molecule has 0 radical (unpaired) electrons. The number of hydrogen-bond donors (Lipinski definition) is 1. The molecule has 90 valence electrons. The number of halogens is 1. The Morgan fingerprint density at radius 3 is 2.72 bits per heavy atom. The first-order valence-electron chi connectivity index (χ1n) is 5.66. The predicted molar refractivity (Wildman–Crippen MR) is 77.9 cm³/mol. The Balaban J connectivity index is 2.36. The largest absolute Gasteiger partial charge is 0.369 e. The van der Waals surface area contributed by atoms with Gasteiger partial charge in [0.05, 0.1) is 16.7 Å². The van der Waals surface area contributed by atoms with Gasteiger partial charge in [0.15, 0.2) is 0 Å². The van der Waals surface area contributed by atoms with E-state index in [2.05, 4.69) is 27.0 Å². The van der Waals surface area contributed by atoms with Crippen LogP contribution in [0.5, 0.6) is 0 Å². The van der Waals surface area contributed by atoms with Crippen molar-refractivity contribution in [3.8, 4) is 5.69 Å². The quantitative estimate of drug-likeness (QED) is 0.745. The second kappa shape index (κ2) is 4.14. The van der Waals surface area contributed by atoms with Crippen molar-refractivity contribution >= 4 is 32.9 Å². The third-order valence-electron chi connectivity index (χ3n) is 2.93. The Morgan fingerprint density at radius 1 is 1.17 bits per heavy atom. The van der Waals surface area contributed by atoms with E-state index in [9.17, 15) is 0 Å². The van der Waals surface area contributed by atoms with Crippen LogP contribution in [0.2, 0.25) is 0 Å². The summed E-state index contributed by atoms with van der Waals surface area (Å²) in [5, 5.41) is 0. The van der Waals surface area contributed by atoms with Gasteiger partial charge in [-0.15, -0.1) is 0 Å². The number of nitrogens with two attached hydrogens (primary N) is 1. The van der Waals surface area contributed by atoms with Crippen molar-refractivity contribution < 1.29 is 0 Å². The van der Waals surface area contributed by atoms with Gasteiger partial charge in [-0.2, -0.15) is 0 Å². The summed E-state index contributed by atoms with van der Waals surface area (Å²) in [6.45, 7) is 2.05. The first kappa shape index (κ1) is 11.3. The van der Waals surface area contributed by atoms with Gasteiger partial charge in [-0.25, -0.2) is 4.98 Å². The van der Waals surface area contributed by atoms with Crippen molar-refractivity contribution in [2.24, 2.45) is 0 Å². The van der Waals surface area contributed by atoms with Gasteiger partial charge in [0.25, 0.3) is 0 Å². The summed E-state index contributed by atoms with van der Waals surface area (Å²) in [7, 11) is 0. The van der Waals surface area contributed by atoms with Crippen LogP contribution in [0.4, 0.5) is 5.95 Å². The molecule has 0 spiro atoms. The van der Waals surface area contributed by atoms with Crippen molar-refractivity contribution in [2.75, 3.05) is 5.73 Å². The topological polar surface area (TPSA) is 43.8 Å². The molecule has 0 fully saturated rings. The molecule has 0 unspecified atom stereocenters. The second-order valence-corrected chi connectivity index (χ2v) is 5.10. The summed E-state index contributed by atoms with van der Waals surface area (Å²) in [5.74, 6) is 0.502. The third kappa shape index (κ3) is 1.69. The van der Waals surface area contributed by atoms with Crippen molar-refractivity contribution in [2.45, 2.75) is 6.92 Å². The SMILES string of the molecule is Cc1ccc2c(c1)nc(N)n2-c1ccccc1Br. The van der Waals surface area contributed by atoms with Gasteiger partial charge in [-0.1, -0.05) is 18.2 Å². The lowest BCUT2D eigenvalue weighted by molar-refractivity contribution is 1.10. The van der Waals surface area contributed by atoms with Gasteiger partial charge in [0.1, 0.15) is 0 Å². The number of aryl methyl sites for hydroxylation is 1. The molecule has 18 heavy (non-hydrogen) atoms. The number of aromatic nitrogens is 2. The van der Waals surface area contributed by atoms with Crippen LogP contribution in [-0.4, -0.2) is 9.55 Å². The normalized spacial score (nSPS) is 11.0. The zero-order valence-electron chi connectivity index (χ0n) is 9.89. The number of anilines is 1. The summed E-state index contributed by atoms with van der Waals surface area (Å²) < 4.78 is 2.95. The summed E-state index contributed by atoms with van der Waals surface area (Å²) in [6, 6.07) is 14.1. The van der Waals surface area contributed by atoms with Crippen LogP contribution in [0.25, 0.3) is 16.7 Å². The van der Waals surface area contributed by atoms with Crippen LogP contribution >= 0.6 is 15.9 Å². The molecule has 0 amide bonds. The highest BCUT2D eigenvalue weighted by atomic mass is 79.9. The Bertz CT molecular complexity index is 731. The molecule has 2 aromatic carbocycles. The maximum Gasteiger partial charge on any atom is 0.205 e. The van der Waals surface area contributed by atoms with Crippen molar-refractivity contribution in [3.63, 3.8) is 0 Å². The van der Waals surface area contributed by atoms with Crippen molar-refractivity contribution in [1.82, 2.24) is 9.55 Å². The Kier molecular flexibility index (Phi) is 2.59. The molecule has 0 saturated heterocycles. The lowest BCUT2D eigenvalue weighted by Gasteiger charge is -2.08. The Labute approximate surface area is 113 Å². The van der Waals surface area contributed by atoms with Gasteiger partial charge >= 0.3 is 0 Å². The summed E-state index contributed by atoms with van der Waals surface area (Å²) in [6.07, 6.45) is 0. The minimum atomic E-state index is 0.502. The van der Waals surface area contributed by atoms with Crippen molar-refractivity contribution in [1.29, 1.82) is 0 Å². The van der Waals surface area contributed by atoms with E-state index >= 15 is 0 Å². The highest BCUT2D eigenvalue weighted by Gasteiger charge is 2.11. The van der Waals surface area contributed by atoms with Crippen LogP contribution < -0.4 is 5.73 Å². The fourth-order valence-electron chi connectivity index (χ4n) is 2.10. The third-order valence-corrected chi connectivity index (χ3v) is 3.60. The fraction of sp³-hybridized carbons (Fsp3) is 0.0714. The Hall–Kier alpha value is -1.81. The zero-order valence-corrected chi connectivity index (χ0v) is 11.5. The van der Waals surface area contributed by atoms with E-state index in [0.29, 0.717) is 5.95 Å². The number of fused-ring (bicyclic) bond motifs is 1. The van der Waals surface area contributed by atoms with E-state index in [-0.39, 0.29) is 0 Å². The number of imidazole rings is 1. The van der Waals surface area contributed by atoms with Gasteiger partial charge < -0.3 is 5.73 Å². The van der Waals surface area contributed by atoms with E-state index in [1.54, 1.807) is 0 Å². The molecule has 1 heterocycles. The smallest absolute Gasteiger partial charge is 0.205 e. The standard InChI is InChI=1S/C14H12BrN3/c1-9-6-7-13-11(8-9)17-14(16)18(13)12-5-3-2-4-10(12)15/h2-8H,1H3,(H2,16,17). The molecular weight excluding hydrogens is 290 g/mol. The van der Waals surface area contributed by atoms with E-state index in [1.807, 2.05) is 47.9 Å². The summed E-state index contributed by atoms with van der Waals surface area (Å²) in [4.78, 5) is 4.41. The molecule has 3 aromatic rings. The number of rotatable bonds is 1. The maximum absolute atomic E-state index is 6.04. The van der Waals surface area contributed by atoms with Gasteiger partial charge in [0, 0.05) is 4.47 Å². The van der Waals surface area contributed by atoms with Gasteiger partial charge in [0.2, 0.25) is 5.95 Å². The average molecular weight is 302 g/mol. The first-order chi connectivity index (χ1) is 8.66. The number of nitrogen functional groups attached to an aromatic ring is 1. The average Bonchev–Trinajstić information content (AvgIpc) is 2.65. The number of para-hydroxylation sites is 1. The zero-order chi connectivity index (χ0) is 12.7. The van der Waals surface area contributed by atoms with Crippen LogP contribution in [0, 0.1) is 6.92 Å². The number of hydrogen-bond acceptors (Lipinski definition) is 2. The van der Waals surface area contributed by atoms with Gasteiger partial charge in [-0.05, 0) is 52.7 Å². The highest BCUT2D eigenvalue weighted by molar-refractivity contribution is 9.10. The molecule has 0 aliphatic rings. The molecule has 0 aliphatic carbocycles. The Morgan fingerprint density at radius 2 is 1.94 bits per heavy atom. The second-order valence-electron chi connectivity index (χ2n) is 4.25. The highest BCUT2D eigenvalue weighted by Crippen LogP contribution is 2.28. The maximum atomic E-state index is 6.04. The molecule has 3 rings (SSSR count). The molecule has 4 heteroatoms. The molecule has 0 aliphatic heterocycles. The summed E-state index contributed by atoms with van der Waals surface area (Å²) >= 11 is 3.55. The predicted octanol–water partition coefficient (Wildman–Crippen LogP) is 3.68. The first-order valence-corrected chi connectivity index (χ1v) is 6.45. The molecule has 2 N–H and O–H groups in total. The minimum Gasteiger partial charge on any atom is -0.369 e. The number of benzene rings is 2. The van der Waals surface area contributed by atoms with E-state index in [4.69, 9.17) is 5.73 Å². The molecule has 3 nitrogen and oxygen atoms in total. The van der Waals surface area contributed by atoms with Crippen LogP contribution in [-0.2, 0) is 0 Å². The molecule has 0 atom stereocenters. The lowest BCUT2D eigenvalue weighted by atomic mass is 10.2. The summed E-state index contributed by atoms with van der Waals surface area (Å²) in [5.41, 5.74) is 10.2. The number of nitrogens with zero attached hydrogens (tertiary/aromatic N) is 2.